The van der Waals surface area contributed by atoms with Crippen molar-refractivity contribution in [2.45, 2.75) is 19.4 Å². The minimum absolute atomic E-state index is 0.0611. The van der Waals surface area contributed by atoms with Gasteiger partial charge < -0.3 is 4.90 Å². The molecule has 0 radical (unpaired) electrons. The van der Waals surface area contributed by atoms with E-state index in [0.717, 1.165) is 0 Å². The zero-order chi connectivity index (χ0) is 13.1. The molecule has 0 bridgehead atoms. The van der Waals surface area contributed by atoms with Gasteiger partial charge in [-0.2, -0.15) is 0 Å². The van der Waals surface area contributed by atoms with Gasteiger partial charge in [-0.15, -0.1) is 11.6 Å². The molecule has 0 saturated carbocycles. The second kappa shape index (κ2) is 5.68. The predicted molar refractivity (Wildman–Crippen MR) is 63.7 cm³/mol. The van der Waals surface area contributed by atoms with E-state index in [0.29, 0.717) is 0 Å². The van der Waals surface area contributed by atoms with Gasteiger partial charge in [-0.1, -0.05) is 0 Å². The summed E-state index contributed by atoms with van der Waals surface area (Å²) in [6.07, 6.45) is 0.0633. The molecular formula is C9H15ClN2O4S. The van der Waals surface area contributed by atoms with E-state index in [1.807, 2.05) is 0 Å². The predicted octanol–water partition coefficient (Wildman–Crippen LogP) is -0.0296. The van der Waals surface area contributed by atoms with Crippen LogP contribution in [0.5, 0.6) is 0 Å². The number of alkyl halides is 1. The van der Waals surface area contributed by atoms with Crippen LogP contribution in [0.4, 0.5) is 4.79 Å². The van der Waals surface area contributed by atoms with Crippen LogP contribution in [0.2, 0.25) is 0 Å². The maximum Gasteiger partial charge on any atom is 0.324 e. The number of nitrogens with zero attached hydrogens (tertiary/aromatic N) is 1. The molecule has 1 rings (SSSR count). The molecule has 0 aromatic heterocycles. The van der Waals surface area contributed by atoms with Crippen LogP contribution in [-0.4, -0.2) is 55.2 Å². The fourth-order valence-corrected chi connectivity index (χ4v) is 3.37. The lowest BCUT2D eigenvalue weighted by Crippen LogP contribution is -2.54. The van der Waals surface area contributed by atoms with Crippen molar-refractivity contribution in [1.29, 1.82) is 0 Å². The van der Waals surface area contributed by atoms with Crippen LogP contribution in [0.15, 0.2) is 0 Å². The molecule has 0 aliphatic carbocycles. The third kappa shape index (κ3) is 4.16. The lowest BCUT2D eigenvalue weighted by molar-refractivity contribution is -0.119. The molecule has 0 aromatic rings. The van der Waals surface area contributed by atoms with Gasteiger partial charge in [-0.3, -0.25) is 10.1 Å². The summed E-state index contributed by atoms with van der Waals surface area (Å²) < 4.78 is 22.6. The highest BCUT2D eigenvalue weighted by molar-refractivity contribution is 7.91. The Hall–Kier alpha value is -0.820. The van der Waals surface area contributed by atoms with Crippen molar-refractivity contribution >= 4 is 33.4 Å². The summed E-state index contributed by atoms with van der Waals surface area (Å²) >= 11 is 5.37. The first kappa shape index (κ1) is 14.2. The standard InChI is InChI=1S/C9H15ClN2O4S/c1-7-6-17(15,16)5-4-12(7)9(14)11-8(13)2-3-10/h7H,2-6H2,1H3,(H,11,13,14). The molecule has 0 aromatic carbocycles. The van der Waals surface area contributed by atoms with E-state index in [1.54, 1.807) is 6.92 Å². The zero-order valence-electron chi connectivity index (χ0n) is 9.48. The Bertz CT molecular complexity index is 409. The van der Waals surface area contributed by atoms with Gasteiger partial charge in [0.15, 0.2) is 9.84 Å². The first-order valence-electron chi connectivity index (χ1n) is 5.22. The van der Waals surface area contributed by atoms with Gasteiger partial charge in [0.1, 0.15) is 0 Å². The van der Waals surface area contributed by atoms with Gasteiger partial charge in [-0.25, -0.2) is 13.2 Å². The van der Waals surface area contributed by atoms with Crippen molar-refractivity contribution in [2.24, 2.45) is 0 Å². The van der Waals surface area contributed by atoms with Crippen LogP contribution < -0.4 is 5.32 Å². The van der Waals surface area contributed by atoms with Crippen LogP contribution >= 0.6 is 11.6 Å². The number of imide groups is 1. The highest BCUT2D eigenvalue weighted by Gasteiger charge is 2.31. The van der Waals surface area contributed by atoms with Crippen molar-refractivity contribution in [3.63, 3.8) is 0 Å². The Morgan fingerprint density at radius 3 is 2.65 bits per heavy atom. The molecule has 6 nitrogen and oxygen atoms in total. The Morgan fingerprint density at radius 1 is 1.47 bits per heavy atom. The molecule has 0 spiro atoms. The largest absolute Gasteiger partial charge is 0.324 e. The first-order chi connectivity index (χ1) is 7.85. The van der Waals surface area contributed by atoms with Crippen LogP contribution in [0, 0.1) is 0 Å². The number of carbonyl (C=O) groups is 2. The molecule has 1 atom stereocenters. The van der Waals surface area contributed by atoms with E-state index in [4.69, 9.17) is 11.6 Å². The number of amides is 3. The molecule has 1 fully saturated rings. The molecular weight excluding hydrogens is 268 g/mol. The number of urea groups is 1. The van der Waals surface area contributed by atoms with E-state index in [1.165, 1.54) is 4.90 Å². The summed E-state index contributed by atoms with van der Waals surface area (Å²) in [5, 5.41) is 2.18. The molecule has 1 aliphatic rings. The van der Waals surface area contributed by atoms with E-state index in [2.05, 4.69) is 5.32 Å². The van der Waals surface area contributed by atoms with Crippen molar-refractivity contribution in [3.8, 4) is 0 Å². The summed E-state index contributed by atoms with van der Waals surface area (Å²) in [5.74, 6) is -0.438. The Kier molecular flexibility index (Phi) is 4.76. The number of hydrogen-bond donors (Lipinski definition) is 1. The smallest absolute Gasteiger partial charge is 0.320 e. The number of nitrogens with one attached hydrogen (secondary N) is 1. The summed E-state index contributed by atoms with van der Waals surface area (Å²) in [4.78, 5) is 24.2. The molecule has 1 heterocycles. The molecule has 1 unspecified atom stereocenters. The van der Waals surface area contributed by atoms with Crippen molar-refractivity contribution < 1.29 is 18.0 Å². The molecule has 98 valence electrons. The van der Waals surface area contributed by atoms with E-state index >= 15 is 0 Å². The third-order valence-corrected chi connectivity index (χ3v) is 4.48. The van der Waals surface area contributed by atoms with Crippen molar-refractivity contribution in [2.75, 3.05) is 23.9 Å². The second-order valence-electron chi connectivity index (χ2n) is 3.95. The number of rotatable bonds is 2. The first-order valence-corrected chi connectivity index (χ1v) is 7.58. The molecule has 17 heavy (non-hydrogen) atoms. The lowest BCUT2D eigenvalue weighted by atomic mass is 10.3. The van der Waals surface area contributed by atoms with Gasteiger partial charge in [-0.05, 0) is 6.92 Å². The quantitative estimate of drug-likeness (QED) is 0.721. The fourth-order valence-electron chi connectivity index (χ4n) is 1.64. The third-order valence-electron chi connectivity index (χ3n) is 2.50. The highest BCUT2D eigenvalue weighted by Crippen LogP contribution is 2.11. The van der Waals surface area contributed by atoms with Gasteiger partial charge >= 0.3 is 6.03 Å². The second-order valence-corrected chi connectivity index (χ2v) is 6.56. The van der Waals surface area contributed by atoms with Crippen LogP contribution in [-0.2, 0) is 14.6 Å². The topological polar surface area (TPSA) is 83.6 Å². The van der Waals surface area contributed by atoms with Crippen LogP contribution in [0.3, 0.4) is 0 Å². The van der Waals surface area contributed by atoms with E-state index < -0.39 is 27.8 Å². The van der Waals surface area contributed by atoms with Crippen LogP contribution in [0.25, 0.3) is 0 Å². The molecule has 1 aliphatic heterocycles. The molecule has 1 saturated heterocycles. The zero-order valence-corrected chi connectivity index (χ0v) is 11.1. The number of halogens is 1. The summed E-state index contributed by atoms with van der Waals surface area (Å²) in [6.45, 7) is 1.76. The van der Waals surface area contributed by atoms with Crippen LogP contribution in [0.1, 0.15) is 13.3 Å². The van der Waals surface area contributed by atoms with E-state index in [-0.39, 0.29) is 30.4 Å². The Labute approximate surface area is 105 Å². The minimum Gasteiger partial charge on any atom is -0.320 e. The van der Waals surface area contributed by atoms with Crippen molar-refractivity contribution in [1.82, 2.24) is 10.2 Å². The van der Waals surface area contributed by atoms with Gasteiger partial charge in [0.2, 0.25) is 5.91 Å². The Morgan fingerprint density at radius 2 is 2.12 bits per heavy atom. The normalized spacial score (nSPS) is 23.2. The summed E-state index contributed by atoms with van der Waals surface area (Å²) in [5.41, 5.74) is 0. The number of hydrogen-bond acceptors (Lipinski definition) is 4. The SMILES string of the molecule is CC1CS(=O)(=O)CCN1C(=O)NC(=O)CCCl. The maximum atomic E-state index is 11.7. The molecule has 8 heteroatoms. The highest BCUT2D eigenvalue weighted by atomic mass is 35.5. The monoisotopic (exact) mass is 282 g/mol. The van der Waals surface area contributed by atoms with Gasteiger partial charge in [0.05, 0.1) is 11.5 Å². The maximum absolute atomic E-state index is 11.7. The lowest BCUT2D eigenvalue weighted by Gasteiger charge is -2.32. The average molecular weight is 283 g/mol. The van der Waals surface area contributed by atoms with E-state index in [9.17, 15) is 18.0 Å². The number of carbonyl (C=O) groups excluding carboxylic acids is 2. The number of sulfone groups is 1. The molecule has 3 amide bonds. The Balaban J connectivity index is 2.56. The minimum atomic E-state index is -3.06. The van der Waals surface area contributed by atoms with Gasteiger partial charge in [0, 0.05) is 24.9 Å². The summed E-state index contributed by atoms with van der Waals surface area (Å²) in [7, 11) is -3.06. The average Bonchev–Trinajstić information content (AvgIpc) is 2.15. The van der Waals surface area contributed by atoms with Crippen molar-refractivity contribution in [3.05, 3.63) is 0 Å². The van der Waals surface area contributed by atoms with Gasteiger partial charge in [0.25, 0.3) is 0 Å². The molecule has 1 N–H and O–H groups in total. The fraction of sp³-hybridized carbons (Fsp3) is 0.778. The summed E-state index contributed by atoms with van der Waals surface area (Å²) in [6, 6.07) is -0.972.